The molecule has 0 spiro atoms. The van der Waals surface area contributed by atoms with Gasteiger partial charge in [-0.15, -0.1) is 11.8 Å². The maximum absolute atomic E-state index is 11.5. The number of carbonyl (C=O) groups excluding carboxylic acids is 1. The van der Waals surface area contributed by atoms with Crippen molar-refractivity contribution in [2.24, 2.45) is 0 Å². The molecule has 0 saturated carbocycles. The van der Waals surface area contributed by atoms with Crippen molar-refractivity contribution in [3.05, 3.63) is 35.7 Å². The number of hydrogen-bond acceptors (Lipinski definition) is 6. The maximum Gasteiger partial charge on any atom is 0.237 e. The molecule has 0 aliphatic carbocycles. The molecule has 1 amide bonds. The molecule has 1 aliphatic heterocycles. The van der Waals surface area contributed by atoms with Gasteiger partial charge in [0.1, 0.15) is 5.50 Å². The predicted molar refractivity (Wildman–Crippen MR) is 89.6 cm³/mol. The number of aromatic nitrogens is 2. The average molecular weight is 332 g/mol. The van der Waals surface area contributed by atoms with Crippen LogP contribution in [0.2, 0.25) is 0 Å². The second-order valence-electron chi connectivity index (χ2n) is 5.59. The highest BCUT2D eigenvalue weighted by atomic mass is 32.2. The van der Waals surface area contributed by atoms with Gasteiger partial charge < -0.3 is 9.84 Å². The van der Waals surface area contributed by atoms with E-state index < -0.39 is 0 Å². The lowest BCUT2D eigenvalue weighted by Gasteiger charge is -2.28. The van der Waals surface area contributed by atoms with E-state index in [-0.39, 0.29) is 17.4 Å². The van der Waals surface area contributed by atoms with Crippen molar-refractivity contribution in [1.82, 2.24) is 20.8 Å². The van der Waals surface area contributed by atoms with Crippen LogP contribution >= 0.6 is 11.8 Å². The van der Waals surface area contributed by atoms with Crippen molar-refractivity contribution < 1.29 is 9.32 Å². The summed E-state index contributed by atoms with van der Waals surface area (Å²) >= 11 is 1.53. The maximum atomic E-state index is 11.5. The number of nitrogens with one attached hydrogen (secondary N) is 2. The minimum Gasteiger partial charge on any atom is -0.338 e. The van der Waals surface area contributed by atoms with E-state index in [0.29, 0.717) is 23.9 Å². The fourth-order valence-electron chi connectivity index (χ4n) is 2.41. The van der Waals surface area contributed by atoms with Gasteiger partial charge in [-0.25, -0.2) is 0 Å². The molecule has 1 aromatic carbocycles. The molecule has 2 unspecified atom stereocenters. The Hall–Kier alpha value is -1.86. The molecular formula is C16H20N4O2S. The molecule has 2 atom stereocenters. The highest BCUT2D eigenvalue weighted by molar-refractivity contribution is 7.99. The smallest absolute Gasteiger partial charge is 0.237 e. The van der Waals surface area contributed by atoms with E-state index in [1.165, 1.54) is 17.3 Å². The number of hydrogen-bond donors (Lipinski definition) is 2. The quantitative estimate of drug-likeness (QED) is 0.875. The van der Waals surface area contributed by atoms with Gasteiger partial charge in [-0.2, -0.15) is 4.98 Å². The van der Waals surface area contributed by atoms with Crippen molar-refractivity contribution in [2.75, 3.05) is 0 Å². The summed E-state index contributed by atoms with van der Waals surface area (Å²) in [5, 5.41) is 10.2. The molecular weight excluding hydrogens is 312 g/mol. The van der Waals surface area contributed by atoms with Gasteiger partial charge in [-0.3, -0.25) is 10.1 Å². The van der Waals surface area contributed by atoms with Crippen molar-refractivity contribution in [3.8, 4) is 11.4 Å². The van der Waals surface area contributed by atoms with Crippen LogP contribution in [0.4, 0.5) is 0 Å². The molecule has 6 nitrogen and oxygen atoms in total. The number of carbonyl (C=O) groups is 1. The molecule has 3 rings (SSSR count). The Balaban J connectivity index is 1.59. The fourth-order valence-corrected chi connectivity index (χ4v) is 3.38. The Morgan fingerprint density at radius 2 is 2.13 bits per heavy atom. The standard InChI is InChI=1S/C16H20N4O2S/c1-3-11-4-6-12(7-5-11)15-19-14(22-20-15)9-23-16-17-10(2)8-13(21)18-16/h4-7,10,16-17H,3,8-9H2,1-2H3,(H,18,21). The van der Waals surface area contributed by atoms with Gasteiger partial charge in [-0.05, 0) is 18.9 Å². The van der Waals surface area contributed by atoms with E-state index in [1.807, 2.05) is 19.1 Å². The molecule has 122 valence electrons. The molecule has 1 aliphatic rings. The topological polar surface area (TPSA) is 80.0 Å². The van der Waals surface area contributed by atoms with Gasteiger partial charge in [0.2, 0.25) is 17.6 Å². The van der Waals surface area contributed by atoms with Crippen molar-refractivity contribution in [3.63, 3.8) is 0 Å². The summed E-state index contributed by atoms with van der Waals surface area (Å²) < 4.78 is 5.30. The van der Waals surface area contributed by atoms with Gasteiger partial charge in [-0.1, -0.05) is 36.3 Å². The monoisotopic (exact) mass is 332 g/mol. The Bertz CT molecular complexity index is 671. The zero-order valence-electron chi connectivity index (χ0n) is 13.2. The third kappa shape index (κ3) is 4.11. The van der Waals surface area contributed by atoms with Crippen molar-refractivity contribution in [2.45, 2.75) is 44.0 Å². The van der Waals surface area contributed by atoms with Gasteiger partial charge in [0.25, 0.3) is 0 Å². The third-order valence-corrected chi connectivity index (χ3v) is 4.68. The largest absolute Gasteiger partial charge is 0.338 e. The zero-order valence-corrected chi connectivity index (χ0v) is 14.0. The number of benzene rings is 1. The predicted octanol–water partition coefficient (Wildman–Crippen LogP) is 2.31. The highest BCUT2D eigenvalue weighted by Gasteiger charge is 2.23. The first-order valence-electron chi connectivity index (χ1n) is 7.73. The minimum absolute atomic E-state index is 0.0657. The summed E-state index contributed by atoms with van der Waals surface area (Å²) in [5.74, 6) is 1.76. The first-order chi connectivity index (χ1) is 11.1. The number of aryl methyl sites for hydroxylation is 1. The second-order valence-corrected chi connectivity index (χ2v) is 6.69. The molecule has 7 heteroatoms. The van der Waals surface area contributed by atoms with Gasteiger partial charge in [0.15, 0.2) is 0 Å². The Morgan fingerprint density at radius 1 is 1.35 bits per heavy atom. The summed E-state index contributed by atoms with van der Waals surface area (Å²) in [6.07, 6.45) is 1.52. The number of rotatable bonds is 5. The van der Waals surface area contributed by atoms with Crippen LogP contribution in [0.5, 0.6) is 0 Å². The Kier molecular flexibility index (Phi) is 4.97. The van der Waals surface area contributed by atoms with Crippen LogP contribution < -0.4 is 10.6 Å². The molecule has 1 fully saturated rings. The summed E-state index contributed by atoms with van der Waals surface area (Å²) in [5.41, 5.74) is 2.10. The van der Waals surface area contributed by atoms with E-state index >= 15 is 0 Å². The van der Waals surface area contributed by atoms with Crippen LogP contribution in [-0.2, 0) is 17.0 Å². The number of amides is 1. The van der Waals surface area contributed by atoms with Gasteiger partial charge in [0.05, 0.1) is 5.75 Å². The lowest BCUT2D eigenvalue weighted by molar-refractivity contribution is -0.123. The first-order valence-corrected chi connectivity index (χ1v) is 8.78. The number of nitrogens with zero attached hydrogens (tertiary/aromatic N) is 2. The zero-order chi connectivity index (χ0) is 16.2. The molecule has 1 saturated heterocycles. The third-order valence-electron chi connectivity index (χ3n) is 3.68. The summed E-state index contributed by atoms with van der Waals surface area (Å²) in [4.78, 5) is 15.9. The van der Waals surface area contributed by atoms with Crippen LogP contribution in [0.1, 0.15) is 31.7 Å². The molecule has 0 bridgehead atoms. The fraction of sp³-hybridized carbons (Fsp3) is 0.438. The Labute approximate surface area is 139 Å². The van der Waals surface area contributed by atoms with Crippen LogP contribution in [0, 0.1) is 0 Å². The lowest BCUT2D eigenvalue weighted by atomic mass is 10.1. The van der Waals surface area contributed by atoms with Crippen LogP contribution in [-0.4, -0.2) is 27.6 Å². The van der Waals surface area contributed by atoms with E-state index in [0.717, 1.165) is 12.0 Å². The molecule has 2 aromatic rings. The van der Waals surface area contributed by atoms with Gasteiger partial charge >= 0.3 is 0 Å². The molecule has 1 aromatic heterocycles. The van der Waals surface area contributed by atoms with E-state index in [4.69, 9.17) is 4.52 Å². The SMILES string of the molecule is CCc1ccc(-c2noc(CSC3NC(=O)CC(C)N3)n2)cc1. The second kappa shape index (κ2) is 7.14. The highest BCUT2D eigenvalue weighted by Crippen LogP contribution is 2.21. The summed E-state index contributed by atoms with van der Waals surface area (Å²) in [7, 11) is 0. The van der Waals surface area contributed by atoms with E-state index in [9.17, 15) is 4.79 Å². The number of thioether (sulfide) groups is 1. The van der Waals surface area contributed by atoms with Crippen LogP contribution in [0.3, 0.4) is 0 Å². The molecule has 23 heavy (non-hydrogen) atoms. The molecule has 0 radical (unpaired) electrons. The lowest BCUT2D eigenvalue weighted by Crippen LogP contribution is -2.53. The van der Waals surface area contributed by atoms with Gasteiger partial charge in [0, 0.05) is 18.0 Å². The Morgan fingerprint density at radius 3 is 2.83 bits per heavy atom. The van der Waals surface area contributed by atoms with E-state index in [1.54, 1.807) is 0 Å². The first kappa shape index (κ1) is 16.0. The molecule has 2 N–H and O–H groups in total. The minimum atomic E-state index is -0.120. The average Bonchev–Trinajstić information content (AvgIpc) is 3.01. The molecule has 2 heterocycles. The normalized spacial score (nSPS) is 21.2. The van der Waals surface area contributed by atoms with Crippen molar-refractivity contribution in [1.29, 1.82) is 0 Å². The summed E-state index contributed by atoms with van der Waals surface area (Å²) in [6, 6.07) is 8.33. The van der Waals surface area contributed by atoms with Crippen molar-refractivity contribution >= 4 is 17.7 Å². The van der Waals surface area contributed by atoms with Crippen LogP contribution in [0.15, 0.2) is 28.8 Å². The van der Waals surface area contributed by atoms with Crippen LogP contribution in [0.25, 0.3) is 11.4 Å². The summed E-state index contributed by atoms with van der Waals surface area (Å²) in [6.45, 7) is 4.12. The van der Waals surface area contributed by atoms with E-state index in [2.05, 4.69) is 39.8 Å².